The van der Waals surface area contributed by atoms with E-state index in [4.69, 9.17) is 10.5 Å². The van der Waals surface area contributed by atoms with Crippen molar-refractivity contribution in [3.8, 4) is 0 Å². The summed E-state index contributed by atoms with van der Waals surface area (Å²) >= 11 is 0. The number of rotatable bonds is 3. The van der Waals surface area contributed by atoms with E-state index in [9.17, 15) is 9.59 Å². The van der Waals surface area contributed by atoms with Crippen molar-refractivity contribution in [2.45, 2.75) is 45.4 Å². The number of hydrogen-bond acceptors (Lipinski definition) is 4. The van der Waals surface area contributed by atoms with Crippen molar-refractivity contribution in [3.63, 3.8) is 0 Å². The van der Waals surface area contributed by atoms with Crippen LogP contribution in [0.1, 0.15) is 32.8 Å². The van der Waals surface area contributed by atoms with Crippen LogP contribution in [0.5, 0.6) is 0 Å². The molecule has 3 N–H and O–H groups in total. The summed E-state index contributed by atoms with van der Waals surface area (Å²) in [6.07, 6.45) is -0.133. The Hall–Kier alpha value is -2.08. The van der Waals surface area contributed by atoms with Crippen LogP contribution in [-0.4, -0.2) is 35.1 Å². The molecule has 1 saturated heterocycles. The number of anilines is 1. The van der Waals surface area contributed by atoms with E-state index in [1.165, 1.54) is 0 Å². The van der Waals surface area contributed by atoms with Gasteiger partial charge in [0.05, 0.1) is 0 Å². The van der Waals surface area contributed by atoms with Crippen LogP contribution < -0.4 is 11.1 Å². The van der Waals surface area contributed by atoms with Crippen LogP contribution in [0.2, 0.25) is 0 Å². The van der Waals surface area contributed by atoms with Crippen molar-refractivity contribution in [3.05, 3.63) is 29.8 Å². The second kappa shape index (κ2) is 6.36. The van der Waals surface area contributed by atoms with Crippen LogP contribution in [0.3, 0.4) is 0 Å². The lowest BCUT2D eigenvalue weighted by atomic mass is 10.1. The molecule has 0 radical (unpaired) electrons. The molecule has 0 saturated carbocycles. The molecule has 0 aliphatic carbocycles. The normalized spacial score (nSPS) is 18.5. The highest BCUT2D eigenvalue weighted by Gasteiger charge is 2.27. The molecule has 1 aromatic carbocycles. The summed E-state index contributed by atoms with van der Waals surface area (Å²) in [5.74, 6) is 0.0413. The van der Waals surface area contributed by atoms with E-state index in [1.54, 1.807) is 11.0 Å². The summed E-state index contributed by atoms with van der Waals surface area (Å²) < 4.78 is 5.25. The van der Waals surface area contributed by atoms with Gasteiger partial charge in [-0.15, -0.1) is 0 Å². The van der Waals surface area contributed by atoms with E-state index in [0.717, 1.165) is 5.56 Å². The van der Waals surface area contributed by atoms with Gasteiger partial charge in [0.25, 0.3) is 0 Å². The topological polar surface area (TPSA) is 84.7 Å². The highest BCUT2D eigenvalue weighted by atomic mass is 16.6. The smallest absolute Gasteiger partial charge is 0.412 e. The maximum atomic E-state index is 11.9. The van der Waals surface area contributed by atoms with E-state index < -0.39 is 11.7 Å². The van der Waals surface area contributed by atoms with Gasteiger partial charge in [-0.3, -0.25) is 10.1 Å². The molecule has 1 heterocycles. The molecular formula is C16H23N3O3. The molecule has 120 valence electrons. The lowest BCUT2D eigenvalue weighted by Gasteiger charge is -2.22. The summed E-state index contributed by atoms with van der Waals surface area (Å²) in [6, 6.07) is 7.26. The number of ether oxygens (including phenoxy) is 1. The molecule has 2 rings (SSSR count). The number of amides is 2. The maximum Gasteiger partial charge on any atom is 0.412 e. The molecule has 2 amide bonds. The number of nitrogens with zero attached hydrogens (tertiary/aromatic N) is 1. The quantitative estimate of drug-likeness (QED) is 0.895. The predicted octanol–water partition coefficient (Wildman–Crippen LogP) is 2.09. The Balaban J connectivity index is 2.07. The number of nitrogens with two attached hydrogens (primary N) is 1. The van der Waals surface area contributed by atoms with Crippen LogP contribution in [0, 0.1) is 0 Å². The van der Waals surface area contributed by atoms with E-state index in [1.807, 2.05) is 39.0 Å². The van der Waals surface area contributed by atoms with E-state index in [0.29, 0.717) is 25.2 Å². The number of carbonyl (C=O) groups is 2. The predicted molar refractivity (Wildman–Crippen MR) is 84.3 cm³/mol. The first-order valence-electron chi connectivity index (χ1n) is 7.36. The first kappa shape index (κ1) is 16.3. The standard InChI is InChI=1S/C16H23N3O3/c1-16(2,3)22-15(21)18-13-7-5-4-6-11(13)9-19-10-12(17)8-14(19)20/h4-7,12H,8-10,17H2,1-3H3,(H,18,21). The third kappa shape index (κ3) is 4.46. The fourth-order valence-electron chi connectivity index (χ4n) is 2.35. The highest BCUT2D eigenvalue weighted by molar-refractivity contribution is 5.86. The average molecular weight is 305 g/mol. The van der Waals surface area contributed by atoms with E-state index in [-0.39, 0.29) is 11.9 Å². The number of para-hydroxylation sites is 1. The SMILES string of the molecule is CC(C)(C)OC(=O)Nc1ccccc1CN1CC(N)CC1=O. The van der Waals surface area contributed by atoms with Crippen molar-refractivity contribution in [1.82, 2.24) is 4.90 Å². The fourth-order valence-corrected chi connectivity index (χ4v) is 2.35. The molecule has 0 aromatic heterocycles. The minimum absolute atomic E-state index is 0.0413. The fraction of sp³-hybridized carbons (Fsp3) is 0.500. The van der Waals surface area contributed by atoms with Crippen molar-refractivity contribution in [2.24, 2.45) is 5.73 Å². The molecule has 0 spiro atoms. The van der Waals surface area contributed by atoms with Gasteiger partial charge in [-0.05, 0) is 32.4 Å². The summed E-state index contributed by atoms with van der Waals surface area (Å²) in [4.78, 5) is 25.5. The molecule has 1 unspecified atom stereocenters. The average Bonchev–Trinajstić information content (AvgIpc) is 2.68. The number of hydrogen-bond donors (Lipinski definition) is 2. The van der Waals surface area contributed by atoms with Crippen molar-refractivity contribution in [2.75, 3.05) is 11.9 Å². The van der Waals surface area contributed by atoms with Gasteiger partial charge in [-0.2, -0.15) is 0 Å². The molecule has 22 heavy (non-hydrogen) atoms. The molecule has 1 atom stereocenters. The molecule has 1 aliphatic heterocycles. The van der Waals surface area contributed by atoms with Crippen molar-refractivity contribution >= 4 is 17.7 Å². The zero-order valence-electron chi connectivity index (χ0n) is 13.3. The zero-order chi connectivity index (χ0) is 16.3. The van der Waals surface area contributed by atoms with Gasteiger partial charge in [0.15, 0.2) is 0 Å². The van der Waals surface area contributed by atoms with E-state index in [2.05, 4.69) is 5.32 Å². The molecule has 1 fully saturated rings. The molecule has 6 heteroatoms. The highest BCUT2D eigenvalue weighted by Crippen LogP contribution is 2.21. The van der Waals surface area contributed by atoms with Gasteiger partial charge < -0.3 is 15.4 Å². The van der Waals surface area contributed by atoms with Gasteiger partial charge in [-0.25, -0.2) is 4.79 Å². The third-order valence-electron chi connectivity index (χ3n) is 3.26. The number of nitrogens with one attached hydrogen (secondary N) is 1. The minimum Gasteiger partial charge on any atom is -0.444 e. The van der Waals surface area contributed by atoms with Crippen LogP contribution in [-0.2, 0) is 16.1 Å². The maximum absolute atomic E-state index is 11.9. The molecule has 0 bridgehead atoms. The Morgan fingerprint density at radius 2 is 2.09 bits per heavy atom. The Morgan fingerprint density at radius 1 is 1.41 bits per heavy atom. The second-order valence-corrected chi connectivity index (χ2v) is 6.52. The van der Waals surface area contributed by atoms with Crippen LogP contribution in [0.15, 0.2) is 24.3 Å². The Bertz CT molecular complexity index is 566. The van der Waals surface area contributed by atoms with Gasteiger partial charge in [0, 0.05) is 31.2 Å². The molecular weight excluding hydrogens is 282 g/mol. The number of benzene rings is 1. The lowest BCUT2D eigenvalue weighted by Crippen LogP contribution is -2.29. The van der Waals surface area contributed by atoms with Gasteiger partial charge >= 0.3 is 6.09 Å². The van der Waals surface area contributed by atoms with E-state index >= 15 is 0 Å². The summed E-state index contributed by atoms with van der Waals surface area (Å²) in [5, 5.41) is 2.74. The Morgan fingerprint density at radius 3 is 2.68 bits per heavy atom. The molecule has 6 nitrogen and oxygen atoms in total. The number of likely N-dealkylation sites (tertiary alicyclic amines) is 1. The Kier molecular flexibility index (Phi) is 4.71. The van der Waals surface area contributed by atoms with Crippen LogP contribution in [0.25, 0.3) is 0 Å². The lowest BCUT2D eigenvalue weighted by molar-refractivity contribution is -0.128. The van der Waals surface area contributed by atoms with Gasteiger partial charge in [0.2, 0.25) is 5.91 Å². The monoisotopic (exact) mass is 305 g/mol. The van der Waals surface area contributed by atoms with Gasteiger partial charge in [0.1, 0.15) is 5.60 Å². The first-order chi connectivity index (χ1) is 10.2. The minimum atomic E-state index is -0.559. The molecule has 1 aromatic rings. The third-order valence-corrected chi connectivity index (χ3v) is 3.26. The van der Waals surface area contributed by atoms with Crippen LogP contribution >= 0.6 is 0 Å². The van der Waals surface area contributed by atoms with Crippen molar-refractivity contribution < 1.29 is 14.3 Å². The Labute approximate surface area is 130 Å². The van der Waals surface area contributed by atoms with Crippen molar-refractivity contribution in [1.29, 1.82) is 0 Å². The largest absolute Gasteiger partial charge is 0.444 e. The van der Waals surface area contributed by atoms with Gasteiger partial charge in [-0.1, -0.05) is 18.2 Å². The summed E-state index contributed by atoms with van der Waals surface area (Å²) in [6.45, 7) is 6.40. The number of carbonyl (C=O) groups excluding carboxylic acids is 2. The first-order valence-corrected chi connectivity index (χ1v) is 7.36. The summed E-state index contributed by atoms with van der Waals surface area (Å²) in [5.41, 5.74) is 6.75. The summed E-state index contributed by atoms with van der Waals surface area (Å²) in [7, 11) is 0. The molecule has 1 aliphatic rings. The second-order valence-electron chi connectivity index (χ2n) is 6.52. The zero-order valence-corrected chi connectivity index (χ0v) is 13.3. The van der Waals surface area contributed by atoms with Crippen LogP contribution in [0.4, 0.5) is 10.5 Å².